The summed E-state index contributed by atoms with van der Waals surface area (Å²) in [6.45, 7) is 5.73. The number of carbonyl (C=O) groups is 1. The zero-order valence-electron chi connectivity index (χ0n) is 14.4. The molecular weight excluding hydrogens is 321 g/mol. The van der Waals surface area contributed by atoms with Crippen molar-refractivity contribution in [1.82, 2.24) is 5.32 Å². The highest BCUT2D eigenvalue weighted by Crippen LogP contribution is 2.22. The summed E-state index contributed by atoms with van der Waals surface area (Å²) in [7, 11) is 0. The third-order valence-electron chi connectivity index (χ3n) is 3.19. The number of halogens is 1. The molecule has 0 unspecified atom stereocenters. The molecule has 0 spiro atoms. The van der Waals surface area contributed by atoms with Gasteiger partial charge < -0.3 is 15.4 Å². The smallest absolute Gasteiger partial charge is 0.407 e. The Bertz CT molecular complexity index is 790. The zero-order valence-corrected chi connectivity index (χ0v) is 14.4. The van der Waals surface area contributed by atoms with Gasteiger partial charge >= 0.3 is 6.09 Å². The Hall–Kier alpha value is -3.07. The maximum atomic E-state index is 13.6. The van der Waals surface area contributed by atoms with Gasteiger partial charge in [0.2, 0.25) is 0 Å². The first-order chi connectivity index (χ1) is 11.8. The van der Waals surface area contributed by atoms with Gasteiger partial charge in [0.05, 0.1) is 5.69 Å². The van der Waals surface area contributed by atoms with Gasteiger partial charge in [-0.1, -0.05) is 18.2 Å². The van der Waals surface area contributed by atoms with Crippen LogP contribution in [-0.2, 0) is 11.3 Å². The normalized spacial score (nSPS) is 10.7. The van der Waals surface area contributed by atoms with Crippen molar-refractivity contribution in [3.05, 3.63) is 59.4 Å². The molecule has 5 nitrogen and oxygen atoms in total. The highest BCUT2D eigenvalue weighted by atomic mass is 19.1. The minimum atomic E-state index is -0.564. The van der Waals surface area contributed by atoms with Gasteiger partial charge in [-0.05, 0) is 50.6 Å². The molecule has 1 amide bonds. The van der Waals surface area contributed by atoms with Crippen LogP contribution in [0.5, 0.6) is 0 Å². The number of ether oxygens (including phenoxy) is 1. The van der Waals surface area contributed by atoms with Crippen molar-refractivity contribution in [2.45, 2.75) is 32.9 Å². The summed E-state index contributed by atoms with van der Waals surface area (Å²) < 4.78 is 18.8. The number of alkyl carbamates (subject to hydrolysis) is 1. The highest BCUT2D eigenvalue weighted by Gasteiger charge is 2.15. The van der Waals surface area contributed by atoms with Crippen molar-refractivity contribution in [2.75, 3.05) is 5.32 Å². The van der Waals surface area contributed by atoms with Crippen LogP contribution >= 0.6 is 0 Å². The van der Waals surface area contributed by atoms with E-state index in [2.05, 4.69) is 10.6 Å². The molecule has 6 heteroatoms. The predicted molar refractivity (Wildman–Crippen MR) is 93.9 cm³/mol. The second-order valence-electron chi connectivity index (χ2n) is 6.45. The molecule has 25 heavy (non-hydrogen) atoms. The fourth-order valence-electron chi connectivity index (χ4n) is 2.09. The van der Waals surface area contributed by atoms with Crippen LogP contribution in [-0.4, -0.2) is 11.7 Å². The molecule has 2 aromatic rings. The second kappa shape index (κ2) is 7.67. The summed E-state index contributed by atoms with van der Waals surface area (Å²) >= 11 is 0. The Morgan fingerprint density at radius 2 is 1.88 bits per heavy atom. The minimum Gasteiger partial charge on any atom is -0.444 e. The SMILES string of the molecule is CC(C)(C)OC(=O)NCc1ccc(Nc2cccc(F)c2C#N)cc1. The van der Waals surface area contributed by atoms with E-state index in [0.717, 1.165) is 5.56 Å². The average Bonchev–Trinajstić information content (AvgIpc) is 2.53. The van der Waals surface area contributed by atoms with Crippen molar-refractivity contribution in [2.24, 2.45) is 0 Å². The van der Waals surface area contributed by atoms with E-state index in [-0.39, 0.29) is 5.56 Å². The van der Waals surface area contributed by atoms with Gasteiger partial charge in [0, 0.05) is 12.2 Å². The lowest BCUT2D eigenvalue weighted by molar-refractivity contribution is 0.0523. The molecule has 2 N–H and O–H groups in total. The minimum absolute atomic E-state index is 0.0295. The molecule has 2 rings (SSSR count). The first-order valence-corrected chi connectivity index (χ1v) is 7.80. The van der Waals surface area contributed by atoms with Gasteiger partial charge in [-0.2, -0.15) is 5.26 Å². The van der Waals surface area contributed by atoms with Crippen molar-refractivity contribution < 1.29 is 13.9 Å². The van der Waals surface area contributed by atoms with E-state index >= 15 is 0 Å². The van der Waals surface area contributed by atoms with Crippen LogP contribution < -0.4 is 10.6 Å². The highest BCUT2D eigenvalue weighted by molar-refractivity contribution is 5.68. The third-order valence-corrected chi connectivity index (χ3v) is 3.19. The number of rotatable bonds is 4. The Kier molecular flexibility index (Phi) is 5.60. The molecular formula is C19H20FN3O2. The number of hydrogen-bond acceptors (Lipinski definition) is 4. The number of hydrogen-bond donors (Lipinski definition) is 2. The van der Waals surface area contributed by atoms with Gasteiger partial charge in [0.1, 0.15) is 23.1 Å². The number of amides is 1. The lowest BCUT2D eigenvalue weighted by Crippen LogP contribution is -2.32. The van der Waals surface area contributed by atoms with Crippen LogP contribution in [0.2, 0.25) is 0 Å². The lowest BCUT2D eigenvalue weighted by Gasteiger charge is -2.19. The molecule has 0 aliphatic rings. The number of nitrogens with one attached hydrogen (secondary N) is 2. The molecule has 0 fully saturated rings. The monoisotopic (exact) mass is 341 g/mol. The molecule has 130 valence electrons. The molecule has 2 aromatic carbocycles. The largest absolute Gasteiger partial charge is 0.444 e. The van der Waals surface area contributed by atoms with Crippen LogP contribution in [0.25, 0.3) is 0 Å². The number of carbonyl (C=O) groups excluding carboxylic acids is 1. The van der Waals surface area contributed by atoms with Crippen molar-refractivity contribution in [1.29, 1.82) is 5.26 Å². The number of nitriles is 1. The lowest BCUT2D eigenvalue weighted by atomic mass is 10.1. The van der Waals surface area contributed by atoms with Gasteiger partial charge in [0.15, 0.2) is 0 Å². The van der Waals surface area contributed by atoms with Crippen LogP contribution in [0, 0.1) is 17.1 Å². The maximum absolute atomic E-state index is 13.6. The summed E-state index contributed by atoms with van der Waals surface area (Å²) in [6.07, 6.45) is -0.479. The Labute approximate surface area is 146 Å². The quantitative estimate of drug-likeness (QED) is 0.861. The fourth-order valence-corrected chi connectivity index (χ4v) is 2.09. The Morgan fingerprint density at radius 3 is 2.48 bits per heavy atom. The van der Waals surface area contributed by atoms with Crippen LogP contribution in [0.3, 0.4) is 0 Å². The molecule has 0 aromatic heterocycles. The topological polar surface area (TPSA) is 74.2 Å². The Balaban J connectivity index is 1.98. The molecule has 0 radical (unpaired) electrons. The maximum Gasteiger partial charge on any atom is 0.407 e. The number of anilines is 2. The molecule has 0 aliphatic carbocycles. The van der Waals surface area contributed by atoms with E-state index in [1.165, 1.54) is 12.1 Å². The molecule has 0 saturated carbocycles. The fraction of sp³-hybridized carbons (Fsp3) is 0.263. The van der Waals surface area contributed by atoms with E-state index in [0.29, 0.717) is 17.9 Å². The molecule has 0 saturated heterocycles. The van der Waals surface area contributed by atoms with Crippen LogP contribution in [0.4, 0.5) is 20.6 Å². The number of benzene rings is 2. The molecule has 0 bridgehead atoms. The summed E-state index contributed by atoms with van der Waals surface area (Å²) in [5, 5.41) is 14.7. The molecule has 0 aliphatic heterocycles. The van der Waals surface area contributed by atoms with E-state index in [4.69, 9.17) is 10.00 Å². The van der Waals surface area contributed by atoms with Crippen molar-refractivity contribution in [3.8, 4) is 6.07 Å². The first kappa shape index (κ1) is 18.3. The van der Waals surface area contributed by atoms with Crippen LogP contribution in [0.15, 0.2) is 42.5 Å². The predicted octanol–water partition coefficient (Wildman–Crippen LogP) is 4.47. The standard InChI is InChI=1S/C19H20FN3O2/c1-19(2,3)25-18(24)22-12-13-7-9-14(10-8-13)23-17-6-4-5-16(20)15(17)11-21/h4-10,23H,12H2,1-3H3,(H,22,24). The van der Waals surface area contributed by atoms with E-state index in [1.54, 1.807) is 39.0 Å². The van der Waals surface area contributed by atoms with Gasteiger partial charge in [0.25, 0.3) is 0 Å². The first-order valence-electron chi connectivity index (χ1n) is 7.80. The molecule has 0 atom stereocenters. The number of nitrogens with zero attached hydrogens (tertiary/aromatic N) is 1. The summed E-state index contributed by atoms with van der Waals surface area (Å²) in [5.74, 6) is -0.564. The van der Waals surface area contributed by atoms with E-state index in [9.17, 15) is 9.18 Å². The van der Waals surface area contributed by atoms with Crippen molar-refractivity contribution >= 4 is 17.5 Å². The average molecular weight is 341 g/mol. The zero-order chi connectivity index (χ0) is 18.4. The third kappa shape index (κ3) is 5.50. The van der Waals surface area contributed by atoms with Crippen molar-refractivity contribution in [3.63, 3.8) is 0 Å². The Morgan fingerprint density at radius 1 is 1.20 bits per heavy atom. The summed E-state index contributed by atoms with van der Waals surface area (Å²) in [6, 6.07) is 13.5. The van der Waals surface area contributed by atoms with E-state index in [1.807, 2.05) is 18.2 Å². The summed E-state index contributed by atoms with van der Waals surface area (Å²) in [5.41, 5.74) is 1.43. The molecule has 0 heterocycles. The summed E-state index contributed by atoms with van der Waals surface area (Å²) in [4.78, 5) is 11.6. The van der Waals surface area contributed by atoms with E-state index < -0.39 is 17.5 Å². The van der Waals surface area contributed by atoms with Gasteiger partial charge in [-0.25, -0.2) is 9.18 Å². The van der Waals surface area contributed by atoms with Gasteiger partial charge in [-0.3, -0.25) is 0 Å². The second-order valence-corrected chi connectivity index (χ2v) is 6.45. The van der Waals surface area contributed by atoms with Gasteiger partial charge in [-0.15, -0.1) is 0 Å². The van der Waals surface area contributed by atoms with Crippen LogP contribution in [0.1, 0.15) is 31.9 Å².